The fraction of sp³-hybridized carbons (Fsp3) is 0. The second-order valence-corrected chi connectivity index (χ2v) is 11.9. The molecule has 0 saturated heterocycles. The number of benzene rings is 7. The van der Waals surface area contributed by atoms with Gasteiger partial charge in [0, 0.05) is 33.4 Å². The fourth-order valence-corrected chi connectivity index (χ4v) is 5.43. The van der Waals surface area contributed by atoms with Gasteiger partial charge in [-0.05, 0) is 161 Å². The van der Waals surface area contributed by atoms with E-state index in [4.69, 9.17) is 0 Å². The van der Waals surface area contributed by atoms with E-state index in [1.807, 2.05) is 36.4 Å². The standard InChI is InChI=1S/C48H30O3/c49-46-25-13-37(14-26-46)4-1-34-7-19-40(20-8-34)43-31-44(41-21-9-35(10-22-41)2-5-38-15-27-47(50)28-16-38)33-45(32-43)42-23-11-36(12-24-42)3-6-39-17-29-48(51)30-18-39/h7-33,49-51H. The van der Waals surface area contributed by atoms with E-state index in [0.717, 1.165) is 66.8 Å². The number of hydrogen-bond donors (Lipinski definition) is 3. The van der Waals surface area contributed by atoms with E-state index >= 15 is 0 Å². The summed E-state index contributed by atoms with van der Waals surface area (Å²) in [5, 5.41) is 28.7. The summed E-state index contributed by atoms with van der Waals surface area (Å²) in [6, 6.07) is 51.9. The van der Waals surface area contributed by atoms with Crippen LogP contribution in [0.25, 0.3) is 33.4 Å². The SMILES string of the molecule is Oc1ccc(C#Cc2ccc(-c3cc(-c4ccc(C#Cc5ccc(O)cc5)cc4)cc(-c4ccc(C#Cc5ccc(O)cc5)cc4)c3)cc2)cc1. The Morgan fingerprint density at radius 1 is 0.216 bits per heavy atom. The molecule has 0 spiro atoms. The molecule has 0 bridgehead atoms. The largest absolute Gasteiger partial charge is 0.508 e. The first kappa shape index (κ1) is 32.2. The normalized spacial score (nSPS) is 10.1. The molecule has 0 aliphatic carbocycles. The van der Waals surface area contributed by atoms with Crippen LogP contribution in [0.15, 0.2) is 164 Å². The van der Waals surface area contributed by atoms with E-state index in [2.05, 4.69) is 90.1 Å². The smallest absolute Gasteiger partial charge is 0.115 e. The Labute approximate surface area is 297 Å². The van der Waals surface area contributed by atoms with Crippen molar-refractivity contribution < 1.29 is 15.3 Å². The van der Waals surface area contributed by atoms with Gasteiger partial charge >= 0.3 is 0 Å². The van der Waals surface area contributed by atoms with E-state index in [9.17, 15) is 15.3 Å². The zero-order chi connectivity index (χ0) is 35.0. The van der Waals surface area contributed by atoms with Gasteiger partial charge in [-0.25, -0.2) is 0 Å². The zero-order valence-corrected chi connectivity index (χ0v) is 27.4. The highest BCUT2D eigenvalue weighted by Gasteiger charge is 2.08. The minimum atomic E-state index is 0.219. The maximum Gasteiger partial charge on any atom is 0.115 e. The summed E-state index contributed by atoms with van der Waals surface area (Å²) in [7, 11) is 0. The van der Waals surface area contributed by atoms with Crippen molar-refractivity contribution >= 4 is 0 Å². The van der Waals surface area contributed by atoms with E-state index < -0.39 is 0 Å². The zero-order valence-electron chi connectivity index (χ0n) is 27.4. The van der Waals surface area contributed by atoms with Gasteiger partial charge in [0.2, 0.25) is 0 Å². The Morgan fingerprint density at radius 3 is 0.588 bits per heavy atom. The van der Waals surface area contributed by atoms with Crippen molar-refractivity contribution in [2.45, 2.75) is 0 Å². The van der Waals surface area contributed by atoms with Crippen LogP contribution in [0.3, 0.4) is 0 Å². The third kappa shape index (κ3) is 8.38. The lowest BCUT2D eigenvalue weighted by atomic mass is 9.92. The lowest BCUT2D eigenvalue weighted by Crippen LogP contribution is -1.87. The minimum Gasteiger partial charge on any atom is -0.508 e. The van der Waals surface area contributed by atoms with Crippen molar-refractivity contribution in [3.05, 3.63) is 197 Å². The van der Waals surface area contributed by atoms with Crippen LogP contribution in [-0.2, 0) is 0 Å². The van der Waals surface area contributed by atoms with Gasteiger partial charge in [0.05, 0.1) is 0 Å². The molecule has 51 heavy (non-hydrogen) atoms. The fourth-order valence-electron chi connectivity index (χ4n) is 5.43. The van der Waals surface area contributed by atoms with Crippen molar-refractivity contribution in [3.63, 3.8) is 0 Å². The van der Waals surface area contributed by atoms with Gasteiger partial charge in [0.1, 0.15) is 17.2 Å². The molecule has 0 fully saturated rings. The molecule has 0 saturated carbocycles. The van der Waals surface area contributed by atoms with E-state index in [-0.39, 0.29) is 17.2 Å². The third-order valence-corrected chi connectivity index (χ3v) is 8.24. The van der Waals surface area contributed by atoms with Gasteiger partial charge in [0.25, 0.3) is 0 Å². The molecule has 240 valence electrons. The molecule has 7 rings (SSSR count). The van der Waals surface area contributed by atoms with Crippen molar-refractivity contribution in [1.29, 1.82) is 0 Å². The predicted octanol–water partition coefficient (Wildman–Crippen LogP) is 10.0. The van der Waals surface area contributed by atoms with Gasteiger partial charge in [-0.3, -0.25) is 0 Å². The van der Waals surface area contributed by atoms with Crippen LogP contribution in [0.1, 0.15) is 33.4 Å². The molecule has 3 nitrogen and oxygen atoms in total. The summed E-state index contributed by atoms with van der Waals surface area (Å²) >= 11 is 0. The van der Waals surface area contributed by atoms with Crippen LogP contribution >= 0.6 is 0 Å². The molecule has 3 heteroatoms. The minimum absolute atomic E-state index is 0.219. The summed E-state index contributed by atoms with van der Waals surface area (Å²) in [6.45, 7) is 0. The van der Waals surface area contributed by atoms with Crippen molar-refractivity contribution in [1.82, 2.24) is 0 Å². The van der Waals surface area contributed by atoms with Crippen molar-refractivity contribution in [3.8, 4) is 86.2 Å². The maximum absolute atomic E-state index is 9.55. The lowest BCUT2D eigenvalue weighted by molar-refractivity contribution is 0.474. The first-order valence-electron chi connectivity index (χ1n) is 16.3. The van der Waals surface area contributed by atoms with Gasteiger partial charge in [-0.2, -0.15) is 0 Å². The Morgan fingerprint density at radius 2 is 0.392 bits per heavy atom. The van der Waals surface area contributed by atoms with E-state index in [1.54, 1.807) is 72.8 Å². The van der Waals surface area contributed by atoms with Gasteiger partial charge in [-0.15, -0.1) is 0 Å². The Bertz CT molecular complexity index is 2190. The first-order chi connectivity index (χ1) is 24.9. The highest BCUT2D eigenvalue weighted by atomic mass is 16.3. The van der Waals surface area contributed by atoms with Gasteiger partial charge in [0.15, 0.2) is 0 Å². The summed E-state index contributed by atoms with van der Waals surface area (Å²) in [4.78, 5) is 0. The molecule has 0 aliphatic rings. The molecular weight excluding hydrogens is 625 g/mol. The quantitative estimate of drug-likeness (QED) is 0.166. The van der Waals surface area contributed by atoms with Crippen LogP contribution in [0, 0.1) is 35.5 Å². The van der Waals surface area contributed by atoms with Crippen LogP contribution < -0.4 is 0 Å². The van der Waals surface area contributed by atoms with Crippen molar-refractivity contribution in [2.75, 3.05) is 0 Å². The summed E-state index contributed by atoms with van der Waals surface area (Å²) in [5.41, 5.74) is 11.7. The van der Waals surface area contributed by atoms with Gasteiger partial charge < -0.3 is 15.3 Å². The number of aromatic hydroxyl groups is 3. The summed E-state index contributed by atoms with van der Waals surface area (Å²) in [5.74, 6) is 19.8. The molecule has 7 aromatic carbocycles. The molecular formula is C48H30O3. The van der Waals surface area contributed by atoms with Crippen LogP contribution in [-0.4, -0.2) is 15.3 Å². The molecule has 0 atom stereocenters. The summed E-state index contributed by atoms with van der Waals surface area (Å²) < 4.78 is 0. The number of phenols is 3. The third-order valence-electron chi connectivity index (χ3n) is 8.24. The Kier molecular flexibility index (Phi) is 9.34. The molecule has 0 aromatic heterocycles. The lowest BCUT2D eigenvalue weighted by Gasteiger charge is -2.12. The number of hydrogen-bond acceptors (Lipinski definition) is 3. The Balaban J connectivity index is 1.20. The maximum atomic E-state index is 9.55. The van der Waals surface area contributed by atoms with Crippen molar-refractivity contribution in [2.24, 2.45) is 0 Å². The molecule has 7 aromatic rings. The first-order valence-corrected chi connectivity index (χ1v) is 16.3. The molecule has 0 aliphatic heterocycles. The molecule has 0 amide bonds. The highest BCUT2D eigenvalue weighted by Crippen LogP contribution is 2.33. The van der Waals surface area contributed by atoms with E-state index in [1.165, 1.54) is 0 Å². The highest BCUT2D eigenvalue weighted by molar-refractivity contribution is 5.81. The molecule has 0 heterocycles. The monoisotopic (exact) mass is 654 g/mol. The van der Waals surface area contributed by atoms with E-state index in [0.29, 0.717) is 0 Å². The number of phenolic OH excluding ortho intramolecular Hbond substituents is 3. The second kappa shape index (κ2) is 14.8. The average Bonchev–Trinajstić information content (AvgIpc) is 3.18. The summed E-state index contributed by atoms with van der Waals surface area (Å²) in [6.07, 6.45) is 0. The predicted molar refractivity (Wildman–Crippen MR) is 205 cm³/mol. The number of rotatable bonds is 3. The molecule has 0 unspecified atom stereocenters. The van der Waals surface area contributed by atoms with Gasteiger partial charge in [-0.1, -0.05) is 71.9 Å². The average molecular weight is 655 g/mol. The topological polar surface area (TPSA) is 60.7 Å². The second-order valence-electron chi connectivity index (χ2n) is 11.9. The molecule has 3 N–H and O–H groups in total. The molecule has 0 radical (unpaired) electrons. The Hall–Kier alpha value is -7.38. The van der Waals surface area contributed by atoms with Crippen LogP contribution in [0.5, 0.6) is 17.2 Å². The van der Waals surface area contributed by atoms with Crippen LogP contribution in [0.4, 0.5) is 0 Å². The van der Waals surface area contributed by atoms with Crippen LogP contribution in [0.2, 0.25) is 0 Å².